The lowest BCUT2D eigenvalue weighted by Gasteiger charge is -2.31. The standard InChI is InChI=1S/C17H30N2O5/c1-11(15(21)23-5)18-14(20)13(12-9-7-6-8-10-12)19-16(22)24-17(2,3)4/h11-13H,6-10H2,1-5H3,(H,18,20)(H,19,22). The van der Waals surface area contributed by atoms with Gasteiger partial charge in [0.05, 0.1) is 7.11 Å². The molecule has 1 fully saturated rings. The minimum Gasteiger partial charge on any atom is -0.467 e. The first-order valence-electron chi connectivity index (χ1n) is 8.51. The molecular weight excluding hydrogens is 312 g/mol. The molecule has 0 bridgehead atoms. The number of carbonyl (C=O) groups is 3. The molecule has 1 aliphatic rings. The van der Waals surface area contributed by atoms with Gasteiger partial charge in [0, 0.05) is 0 Å². The van der Waals surface area contributed by atoms with Gasteiger partial charge in [0.15, 0.2) is 0 Å². The first-order chi connectivity index (χ1) is 11.1. The first kappa shape index (κ1) is 20.3. The Morgan fingerprint density at radius 1 is 1.04 bits per heavy atom. The third kappa shape index (κ3) is 6.76. The van der Waals surface area contributed by atoms with Crippen LogP contribution in [-0.2, 0) is 19.1 Å². The monoisotopic (exact) mass is 342 g/mol. The van der Waals surface area contributed by atoms with Crippen LogP contribution in [0.3, 0.4) is 0 Å². The largest absolute Gasteiger partial charge is 0.467 e. The molecule has 7 nitrogen and oxygen atoms in total. The van der Waals surface area contributed by atoms with Crippen LogP contribution in [0, 0.1) is 5.92 Å². The van der Waals surface area contributed by atoms with Gasteiger partial charge in [-0.1, -0.05) is 19.3 Å². The molecule has 0 aromatic heterocycles. The van der Waals surface area contributed by atoms with E-state index in [1.54, 1.807) is 27.7 Å². The molecule has 138 valence electrons. The van der Waals surface area contributed by atoms with E-state index in [4.69, 9.17) is 4.74 Å². The van der Waals surface area contributed by atoms with Crippen molar-refractivity contribution in [3.63, 3.8) is 0 Å². The van der Waals surface area contributed by atoms with Crippen LogP contribution in [0.15, 0.2) is 0 Å². The minimum atomic E-state index is -0.769. The van der Waals surface area contributed by atoms with Crippen molar-refractivity contribution in [2.45, 2.75) is 77.5 Å². The maximum atomic E-state index is 12.6. The number of ether oxygens (including phenoxy) is 2. The van der Waals surface area contributed by atoms with Gasteiger partial charge in [-0.3, -0.25) is 4.79 Å². The highest BCUT2D eigenvalue weighted by atomic mass is 16.6. The molecule has 24 heavy (non-hydrogen) atoms. The van der Waals surface area contributed by atoms with Gasteiger partial charge in [0.1, 0.15) is 17.7 Å². The summed E-state index contributed by atoms with van der Waals surface area (Å²) in [6, 6.07) is -1.48. The second-order valence-corrected chi connectivity index (χ2v) is 7.28. The maximum Gasteiger partial charge on any atom is 0.408 e. The molecule has 7 heteroatoms. The summed E-state index contributed by atoms with van der Waals surface area (Å²) >= 11 is 0. The van der Waals surface area contributed by atoms with E-state index < -0.39 is 29.7 Å². The topological polar surface area (TPSA) is 93.7 Å². The van der Waals surface area contributed by atoms with Gasteiger partial charge in [-0.25, -0.2) is 9.59 Å². The van der Waals surface area contributed by atoms with E-state index in [1.807, 2.05) is 0 Å². The number of alkyl carbamates (subject to hydrolysis) is 1. The van der Waals surface area contributed by atoms with Crippen LogP contribution in [-0.4, -0.2) is 42.8 Å². The lowest BCUT2D eigenvalue weighted by Crippen LogP contribution is -2.55. The van der Waals surface area contributed by atoms with Gasteiger partial charge >= 0.3 is 12.1 Å². The van der Waals surface area contributed by atoms with Gasteiger partial charge < -0.3 is 20.1 Å². The Bertz CT molecular complexity index is 452. The Morgan fingerprint density at radius 3 is 2.12 bits per heavy atom. The molecule has 2 amide bonds. The molecule has 2 N–H and O–H groups in total. The van der Waals surface area contributed by atoms with Gasteiger partial charge in [-0.2, -0.15) is 0 Å². The number of carbonyl (C=O) groups excluding carboxylic acids is 3. The highest BCUT2D eigenvalue weighted by Crippen LogP contribution is 2.27. The Morgan fingerprint density at radius 2 is 1.62 bits per heavy atom. The molecule has 0 aliphatic heterocycles. The third-order valence-corrected chi connectivity index (χ3v) is 3.99. The summed E-state index contributed by atoms with van der Waals surface area (Å²) in [6.45, 7) is 6.85. The van der Waals surface area contributed by atoms with E-state index in [0.29, 0.717) is 0 Å². The lowest BCUT2D eigenvalue weighted by molar-refractivity contribution is -0.145. The van der Waals surface area contributed by atoms with E-state index in [1.165, 1.54) is 7.11 Å². The maximum absolute atomic E-state index is 12.6. The van der Waals surface area contributed by atoms with E-state index >= 15 is 0 Å². The molecule has 2 atom stereocenters. The molecular formula is C17H30N2O5. The summed E-state index contributed by atoms with van der Waals surface area (Å²) in [4.78, 5) is 36.2. The van der Waals surface area contributed by atoms with Crippen molar-refractivity contribution in [2.75, 3.05) is 7.11 Å². The minimum absolute atomic E-state index is 0.0381. The van der Waals surface area contributed by atoms with Crippen LogP contribution in [0.25, 0.3) is 0 Å². The summed E-state index contributed by atoms with van der Waals surface area (Å²) < 4.78 is 9.88. The highest BCUT2D eigenvalue weighted by Gasteiger charge is 2.33. The zero-order valence-electron chi connectivity index (χ0n) is 15.3. The number of esters is 1. The van der Waals surface area contributed by atoms with Gasteiger partial charge in [0.25, 0.3) is 0 Å². The quantitative estimate of drug-likeness (QED) is 0.747. The second kappa shape index (κ2) is 8.89. The van der Waals surface area contributed by atoms with Gasteiger partial charge in [-0.05, 0) is 46.5 Å². The molecule has 2 unspecified atom stereocenters. The average molecular weight is 342 g/mol. The fourth-order valence-electron chi connectivity index (χ4n) is 2.84. The average Bonchev–Trinajstić information content (AvgIpc) is 2.50. The summed E-state index contributed by atoms with van der Waals surface area (Å²) in [5.41, 5.74) is -0.642. The number of amides is 2. The van der Waals surface area contributed by atoms with Crippen LogP contribution in [0.4, 0.5) is 4.79 Å². The number of nitrogens with one attached hydrogen (secondary N) is 2. The van der Waals surface area contributed by atoms with Crippen LogP contribution in [0.2, 0.25) is 0 Å². The summed E-state index contributed by atoms with van der Waals surface area (Å²) in [5.74, 6) is -0.871. The fourth-order valence-corrected chi connectivity index (χ4v) is 2.84. The van der Waals surface area contributed by atoms with Crippen molar-refractivity contribution < 1.29 is 23.9 Å². The summed E-state index contributed by atoms with van der Waals surface area (Å²) in [6.07, 6.45) is 4.28. The molecule has 0 aromatic rings. The molecule has 0 aromatic carbocycles. The molecule has 0 radical (unpaired) electrons. The van der Waals surface area contributed by atoms with E-state index in [-0.39, 0.29) is 11.8 Å². The zero-order valence-corrected chi connectivity index (χ0v) is 15.3. The number of methoxy groups -OCH3 is 1. The number of hydrogen-bond donors (Lipinski definition) is 2. The van der Waals surface area contributed by atoms with Crippen molar-refractivity contribution in [3.05, 3.63) is 0 Å². The third-order valence-electron chi connectivity index (χ3n) is 3.99. The Kier molecular flexibility index (Phi) is 7.51. The Labute approximate surface area is 143 Å². The van der Waals surface area contributed by atoms with Crippen LogP contribution in [0.5, 0.6) is 0 Å². The Hall–Kier alpha value is -1.79. The van der Waals surface area contributed by atoms with Crippen molar-refractivity contribution in [1.29, 1.82) is 0 Å². The normalized spacial score (nSPS) is 18.2. The van der Waals surface area contributed by atoms with E-state index in [9.17, 15) is 14.4 Å². The van der Waals surface area contributed by atoms with Crippen molar-refractivity contribution >= 4 is 18.0 Å². The van der Waals surface area contributed by atoms with Crippen molar-refractivity contribution in [2.24, 2.45) is 5.92 Å². The van der Waals surface area contributed by atoms with E-state index in [0.717, 1.165) is 32.1 Å². The number of rotatable bonds is 5. The predicted octanol–water partition coefficient (Wildman–Crippen LogP) is 2.14. The first-order valence-corrected chi connectivity index (χ1v) is 8.51. The molecule has 1 aliphatic carbocycles. The zero-order chi connectivity index (χ0) is 18.3. The predicted molar refractivity (Wildman–Crippen MR) is 89.4 cm³/mol. The Balaban J connectivity index is 2.78. The molecule has 0 spiro atoms. The van der Waals surface area contributed by atoms with Gasteiger partial charge in [-0.15, -0.1) is 0 Å². The molecule has 0 heterocycles. The van der Waals surface area contributed by atoms with Crippen molar-refractivity contribution in [1.82, 2.24) is 10.6 Å². The molecule has 0 saturated heterocycles. The fraction of sp³-hybridized carbons (Fsp3) is 0.824. The van der Waals surface area contributed by atoms with Crippen LogP contribution in [0.1, 0.15) is 59.8 Å². The lowest BCUT2D eigenvalue weighted by atomic mass is 9.83. The van der Waals surface area contributed by atoms with Gasteiger partial charge in [0.2, 0.25) is 5.91 Å². The van der Waals surface area contributed by atoms with E-state index in [2.05, 4.69) is 15.4 Å². The molecule has 1 saturated carbocycles. The summed E-state index contributed by atoms with van der Waals surface area (Å²) in [7, 11) is 1.27. The van der Waals surface area contributed by atoms with Crippen LogP contribution >= 0.6 is 0 Å². The second-order valence-electron chi connectivity index (χ2n) is 7.28. The SMILES string of the molecule is COC(=O)C(C)NC(=O)C(NC(=O)OC(C)(C)C)C1CCCCC1. The molecule has 1 rings (SSSR count). The van der Waals surface area contributed by atoms with Crippen molar-refractivity contribution in [3.8, 4) is 0 Å². The smallest absolute Gasteiger partial charge is 0.408 e. The highest BCUT2D eigenvalue weighted by molar-refractivity contribution is 5.89. The van der Waals surface area contributed by atoms with Crippen LogP contribution < -0.4 is 10.6 Å². The summed E-state index contributed by atoms with van der Waals surface area (Å²) in [5, 5.41) is 5.29. The number of hydrogen-bond acceptors (Lipinski definition) is 5.